The van der Waals surface area contributed by atoms with Crippen LogP contribution in [0.15, 0.2) is 24.3 Å². The van der Waals surface area contributed by atoms with Gasteiger partial charge in [0, 0.05) is 12.1 Å². The first-order chi connectivity index (χ1) is 8.91. The molecule has 0 spiro atoms. The van der Waals surface area contributed by atoms with Gasteiger partial charge in [-0.3, -0.25) is 4.79 Å². The van der Waals surface area contributed by atoms with Crippen LogP contribution in [0.2, 0.25) is 0 Å². The Hall–Kier alpha value is -1.39. The first-order valence-corrected chi connectivity index (χ1v) is 6.67. The fraction of sp³-hybridized carbons (Fsp3) is 0.533. The Morgan fingerprint density at radius 2 is 2.00 bits per heavy atom. The third-order valence-corrected chi connectivity index (χ3v) is 3.59. The van der Waals surface area contributed by atoms with E-state index in [4.69, 9.17) is 10.8 Å². The molecule has 4 N–H and O–H groups in total. The van der Waals surface area contributed by atoms with E-state index in [-0.39, 0.29) is 12.5 Å². The van der Waals surface area contributed by atoms with E-state index in [1.54, 1.807) is 0 Å². The third-order valence-electron chi connectivity index (χ3n) is 3.59. The van der Waals surface area contributed by atoms with Gasteiger partial charge < -0.3 is 16.2 Å². The van der Waals surface area contributed by atoms with Crippen molar-refractivity contribution in [3.63, 3.8) is 0 Å². The van der Waals surface area contributed by atoms with E-state index in [1.807, 2.05) is 45.0 Å². The number of rotatable bonds is 6. The summed E-state index contributed by atoms with van der Waals surface area (Å²) in [6.07, 6.45) is 1.27. The van der Waals surface area contributed by atoms with E-state index >= 15 is 0 Å². The van der Waals surface area contributed by atoms with Gasteiger partial charge >= 0.3 is 0 Å². The van der Waals surface area contributed by atoms with E-state index in [0.717, 1.165) is 17.5 Å². The van der Waals surface area contributed by atoms with Gasteiger partial charge in [0.1, 0.15) is 6.04 Å². The molecule has 1 amide bonds. The van der Waals surface area contributed by atoms with Crippen LogP contribution in [0.1, 0.15) is 43.9 Å². The third kappa shape index (κ3) is 4.33. The summed E-state index contributed by atoms with van der Waals surface area (Å²) in [5, 5.41) is 12.0. The molecule has 0 fully saturated rings. The van der Waals surface area contributed by atoms with Gasteiger partial charge in [-0.25, -0.2) is 0 Å². The van der Waals surface area contributed by atoms with Crippen molar-refractivity contribution in [3.05, 3.63) is 35.4 Å². The van der Waals surface area contributed by atoms with Crippen LogP contribution in [0, 0.1) is 6.92 Å². The summed E-state index contributed by atoms with van der Waals surface area (Å²) in [7, 11) is 0. The zero-order valence-corrected chi connectivity index (χ0v) is 11.9. The normalized spacial score (nSPS) is 15.6. The van der Waals surface area contributed by atoms with Crippen LogP contribution in [0.3, 0.4) is 0 Å². The highest BCUT2D eigenvalue weighted by molar-refractivity contribution is 5.83. The highest BCUT2D eigenvalue weighted by Gasteiger charge is 2.26. The van der Waals surface area contributed by atoms with Gasteiger partial charge in [0.05, 0.1) is 0 Å². The summed E-state index contributed by atoms with van der Waals surface area (Å²) in [5.41, 5.74) is 7.49. The van der Waals surface area contributed by atoms with Gasteiger partial charge in [0.25, 0.3) is 0 Å². The number of hydrogen-bond acceptors (Lipinski definition) is 3. The molecule has 4 heteroatoms. The van der Waals surface area contributed by atoms with Crippen LogP contribution in [-0.4, -0.2) is 23.2 Å². The largest absolute Gasteiger partial charge is 0.396 e. The van der Waals surface area contributed by atoms with Crippen molar-refractivity contribution in [3.8, 4) is 0 Å². The predicted molar refractivity (Wildman–Crippen MR) is 76.6 cm³/mol. The van der Waals surface area contributed by atoms with Crippen molar-refractivity contribution in [1.29, 1.82) is 0 Å². The van der Waals surface area contributed by atoms with Gasteiger partial charge in [0.2, 0.25) is 5.91 Å². The highest BCUT2D eigenvalue weighted by atomic mass is 16.3. The number of nitrogens with two attached hydrogens (primary N) is 1. The van der Waals surface area contributed by atoms with Crippen molar-refractivity contribution < 1.29 is 9.90 Å². The molecule has 1 aromatic rings. The van der Waals surface area contributed by atoms with E-state index in [1.165, 1.54) is 0 Å². The molecule has 0 aliphatic rings. The monoisotopic (exact) mass is 264 g/mol. The van der Waals surface area contributed by atoms with E-state index in [2.05, 4.69) is 5.32 Å². The number of benzene rings is 1. The van der Waals surface area contributed by atoms with Gasteiger partial charge in [-0.15, -0.1) is 0 Å². The molecule has 0 saturated heterocycles. The molecule has 19 heavy (non-hydrogen) atoms. The number of aliphatic hydroxyl groups is 1. The fourth-order valence-corrected chi connectivity index (χ4v) is 1.87. The molecule has 0 aliphatic heterocycles. The summed E-state index contributed by atoms with van der Waals surface area (Å²) in [6, 6.07) is 6.94. The molecular formula is C15H24N2O2. The molecule has 1 rings (SSSR count). The molecule has 106 valence electrons. The quantitative estimate of drug-likeness (QED) is 0.731. The average Bonchev–Trinajstić information content (AvgIpc) is 2.39. The van der Waals surface area contributed by atoms with E-state index < -0.39 is 11.6 Å². The Morgan fingerprint density at radius 1 is 1.42 bits per heavy atom. The second-order valence-electron chi connectivity index (χ2n) is 5.27. The average molecular weight is 264 g/mol. The lowest BCUT2D eigenvalue weighted by Crippen LogP contribution is -2.49. The minimum atomic E-state index is -0.676. The minimum Gasteiger partial charge on any atom is -0.396 e. The summed E-state index contributed by atoms with van der Waals surface area (Å²) in [4.78, 5) is 12.2. The fourth-order valence-electron chi connectivity index (χ4n) is 1.87. The van der Waals surface area contributed by atoms with Crippen molar-refractivity contribution in [2.75, 3.05) is 6.61 Å². The molecule has 0 radical (unpaired) electrons. The number of aryl methyl sites for hydroxylation is 1. The molecule has 0 aromatic heterocycles. The van der Waals surface area contributed by atoms with Crippen LogP contribution in [0.5, 0.6) is 0 Å². The maximum Gasteiger partial charge on any atom is 0.241 e. The number of hydrogen-bond donors (Lipinski definition) is 3. The van der Waals surface area contributed by atoms with Crippen LogP contribution in [-0.2, 0) is 4.79 Å². The molecule has 0 aliphatic carbocycles. The zero-order chi connectivity index (χ0) is 14.5. The molecule has 4 nitrogen and oxygen atoms in total. The second kappa shape index (κ2) is 6.68. The Morgan fingerprint density at radius 3 is 2.47 bits per heavy atom. The minimum absolute atomic E-state index is 0.0460. The van der Waals surface area contributed by atoms with Gasteiger partial charge in [-0.2, -0.15) is 0 Å². The first kappa shape index (κ1) is 15.7. The number of aliphatic hydroxyl groups excluding tert-OH is 1. The van der Waals surface area contributed by atoms with Gasteiger partial charge in [-0.05, 0) is 32.3 Å². The summed E-state index contributed by atoms with van der Waals surface area (Å²) >= 11 is 0. The van der Waals surface area contributed by atoms with Crippen molar-refractivity contribution in [2.45, 2.75) is 45.2 Å². The Balaban J connectivity index is 2.74. The first-order valence-electron chi connectivity index (χ1n) is 6.67. The van der Waals surface area contributed by atoms with E-state index in [9.17, 15) is 4.79 Å². The molecule has 2 atom stereocenters. The zero-order valence-electron chi connectivity index (χ0n) is 11.9. The smallest absolute Gasteiger partial charge is 0.241 e. The van der Waals surface area contributed by atoms with Crippen LogP contribution < -0.4 is 11.1 Å². The topological polar surface area (TPSA) is 75.3 Å². The second-order valence-corrected chi connectivity index (χ2v) is 5.27. The van der Waals surface area contributed by atoms with Crippen molar-refractivity contribution >= 4 is 5.91 Å². The summed E-state index contributed by atoms with van der Waals surface area (Å²) in [6.45, 7) is 5.94. The Labute approximate surface area is 115 Å². The standard InChI is InChI=1S/C15H24N2O2/c1-4-15(3,9-10-18)17-14(19)13(16)12-7-5-11(2)6-8-12/h5-8,13,18H,4,9-10,16H2,1-3H3,(H,17,19). The number of carbonyl (C=O) groups excluding carboxylic acids is 1. The van der Waals surface area contributed by atoms with Crippen LogP contribution in [0.4, 0.5) is 0 Å². The lowest BCUT2D eigenvalue weighted by atomic mass is 9.94. The molecule has 2 unspecified atom stereocenters. The number of nitrogens with one attached hydrogen (secondary N) is 1. The predicted octanol–water partition coefficient (Wildman–Crippen LogP) is 1.66. The Bertz CT molecular complexity index is 417. The molecule has 0 heterocycles. The van der Waals surface area contributed by atoms with Crippen LogP contribution >= 0.6 is 0 Å². The summed E-state index contributed by atoms with van der Waals surface area (Å²) < 4.78 is 0. The number of amides is 1. The van der Waals surface area contributed by atoms with Crippen molar-refractivity contribution in [1.82, 2.24) is 5.32 Å². The SMILES string of the molecule is CCC(C)(CCO)NC(=O)C(N)c1ccc(C)cc1. The maximum atomic E-state index is 12.2. The molecule has 0 bridgehead atoms. The Kier molecular flexibility index (Phi) is 5.51. The lowest BCUT2D eigenvalue weighted by molar-refractivity contribution is -0.124. The molecule has 1 aromatic carbocycles. The van der Waals surface area contributed by atoms with Crippen LogP contribution in [0.25, 0.3) is 0 Å². The van der Waals surface area contributed by atoms with Gasteiger partial charge in [-0.1, -0.05) is 36.8 Å². The lowest BCUT2D eigenvalue weighted by Gasteiger charge is -2.30. The highest BCUT2D eigenvalue weighted by Crippen LogP contribution is 2.17. The molecule has 0 saturated carbocycles. The van der Waals surface area contributed by atoms with Gasteiger partial charge in [0.15, 0.2) is 0 Å². The number of carbonyl (C=O) groups is 1. The summed E-state index contributed by atoms with van der Waals surface area (Å²) in [5.74, 6) is -0.207. The van der Waals surface area contributed by atoms with E-state index in [0.29, 0.717) is 6.42 Å². The maximum absolute atomic E-state index is 12.2. The van der Waals surface area contributed by atoms with Crippen molar-refractivity contribution in [2.24, 2.45) is 5.73 Å². The molecular weight excluding hydrogens is 240 g/mol.